The summed E-state index contributed by atoms with van der Waals surface area (Å²) in [6.45, 7) is 23.3. The first-order valence-corrected chi connectivity index (χ1v) is 21.6. The Bertz CT molecular complexity index is 1610. The van der Waals surface area contributed by atoms with Crippen LogP contribution in [-0.2, 0) is 28.7 Å². The van der Waals surface area contributed by atoms with Crippen molar-refractivity contribution in [2.45, 2.75) is 139 Å². The molecule has 10 nitrogen and oxygen atoms in total. The van der Waals surface area contributed by atoms with Crippen LogP contribution in [0.1, 0.15) is 127 Å². The van der Waals surface area contributed by atoms with Crippen LogP contribution in [0.15, 0.2) is 11.1 Å². The number of fused-ring (bicyclic) bond motifs is 7. The molecule has 1 amide bonds. The van der Waals surface area contributed by atoms with Crippen molar-refractivity contribution in [1.29, 1.82) is 0 Å². The van der Waals surface area contributed by atoms with Gasteiger partial charge in [0.1, 0.15) is 6.10 Å². The molecule has 6 aliphatic carbocycles. The molecule has 0 spiro atoms. The molecule has 0 bridgehead atoms. The van der Waals surface area contributed by atoms with Gasteiger partial charge >= 0.3 is 11.9 Å². The first-order chi connectivity index (χ1) is 25.6. The van der Waals surface area contributed by atoms with Gasteiger partial charge in [0, 0.05) is 36.9 Å². The van der Waals surface area contributed by atoms with E-state index in [4.69, 9.17) is 9.47 Å². The van der Waals surface area contributed by atoms with Gasteiger partial charge in [-0.2, -0.15) is 0 Å². The average molecular weight is 767 g/mol. The van der Waals surface area contributed by atoms with E-state index in [0.29, 0.717) is 37.9 Å². The molecule has 308 valence electrons. The van der Waals surface area contributed by atoms with Gasteiger partial charge in [-0.3, -0.25) is 24.1 Å². The van der Waals surface area contributed by atoms with E-state index in [9.17, 15) is 29.4 Å². The van der Waals surface area contributed by atoms with Gasteiger partial charge in [-0.25, -0.2) is 0 Å². The summed E-state index contributed by atoms with van der Waals surface area (Å²) in [5, 5.41) is 24.8. The molecule has 0 aromatic rings. The van der Waals surface area contributed by atoms with Gasteiger partial charge in [-0.1, -0.05) is 67.9 Å². The number of rotatable bonds is 9. The fourth-order valence-electron chi connectivity index (χ4n) is 14.7. The van der Waals surface area contributed by atoms with E-state index in [1.165, 1.54) is 5.57 Å². The SMILES string of the molecule is CC(C)C1=C2[C@H]3CC[C@@H]4[C@@]5(C)CC[C@H](OC(=O)[C@H]6C[C@@H](C(=O)O)C6(C)C)C(C)(C)[C@@H]5CC[C@@]4(C)[C@]3(C)CC[C@@]2([C@@H](O)CNC(=O)CN2CCOCC2)CC1=O. The maximum Gasteiger partial charge on any atom is 0.309 e. The molecule has 10 heteroatoms. The minimum absolute atomic E-state index is 0.0206. The molecule has 0 aromatic heterocycles. The average Bonchev–Trinajstić information content (AvgIpc) is 3.41. The molecule has 55 heavy (non-hydrogen) atoms. The number of hydrogen-bond acceptors (Lipinski definition) is 8. The highest BCUT2D eigenvalue weighted by Gasteiger charge is 2.71. The summed E-state index contributed by atoms with van der Waals surface area (Å²) in [5.41, 5.74) is 0.663. The molecule has 3 N–H and O–H groups in total. The largest absolute Gasteiger partial charge is 0.481 e. The number of Topliss-reactive ketones (excluding diaryl/α,β-unsaturated/α-hetero) is 1. The number of morpholine rings is 1. The number of nitrogens with one attached hydrogen (secondary N) is 1. The van der Waals surface area contributed by atoms with Gasteiger partial charge in [0.15, 0.2) is 5.78 Å². The van der Waals surface area contributed by atoms with Crippen molar-refractivity contribution in [2.75, 3.05) is 39.4 Å². The highest BCUT2D eigenvalue weighted by atomic mass is 16.5. The lowest BCUT2D eigenvalue weighted by atomic mass is 9.33. The Morgan fingerprint density at radius 1 is 0.873 bits per heavy atom. The van der Waals surface area contributed by atoms with Gasteiger partial charge in [0.25, 0.3) is 0 Å². The van der Waals surface area contributed by atoms with Crippen molar-refractivity contribution < 1.29 is 38.9 Å². The number of carbonyl (C=O) groups is 4. The van der Waals surface area contributed by atoms with Crippen molar-refractivity contribution in [2.24, 2.45) is 68.0 Å². The smallest absolute Gasteiger partial charge is 0.309 e. The number of carboxylic acid groups (broad SMARTS) is 1. The van der Waals surface area contributed by atoms with Crippen LogP contribution in [0.5, 0.6) is 0 Å². The van der Waals surface area contributed by atoms with Gasteiger partial charge in [0.2, 0.25) is 5.91 Å². The van der Waals surface area contributed by atoms with Crippen LogP contribution in [-0.4, -0.2) is 90.3 Å². The Morgan fingerprint density at radius 3 is 2.20 bits per heavy atom. The Morgan fingerprint density at radius 2 is 1.56 bits per heavy atom. The van der Waals surface area contributed by atoms with Gasteiger partial charge < -0.3 is 25.0 Å². The second-order valence-electron chi connectivity index (χ2n) is 21.3. The third-order valence-corrected chi connectivity index (χ3v) is 18.1. The van der Waals surface area contributed by atoms with Crippen LogP contribution in [0.25, 0.3) is 0 Å². The standard InChI is InChI=1S/C45H70N2O8/c1-26(2)36-30(48)23-45(33(49)24-46-35(50)25-47-18-20-54-21-19-47)17-16-43(8)27(37(36)45)10-11-32-42(7)14-13-34(41(5,6)31(42)12-15-44(32,43)9)55-39(53)29-22-28(38(51)52)40(29,3)4/h26-29,31-34,49H,10-25H2,1-9H3,(H,46,50)(H,51,52)/t27-,28+,29-,31+,32-,33+,34+,42+,43-,44-,45+/m1/s1. The number of aliphatic hydroxyl groups excluding tert-OH is 1. The van der Waals surface area contributed by atoms with Gasteiger partial charge in [0.05, 0.1) is 37.7 Å². The van der Waals surface area contributed by atoms with Gasteiger partial charge in [-0.15, -0.1) is 0 Å². The number of carbonyl (C=O) groups excluding carboxylic acids is 3. The number of hydrogen-bond donors (Lipinski definition) is 3. The third-order valence-electron chi connectivity index (χ3n) is 18.1. The number of esters is 1. The maximum absolute atomic E-state index is 14.1. The minimum atomic E-state index is -0.837. The minimum Gasteiger partial charge on any atom is -0.481 e. The number of aliphatic hydroxyl groups is 1. The molecule has 1 aliphatic heterocycles. The summed E-state index contributed by atoms with van der Waals surface area (Å²) in [7, 11) is 0. The molecule has 7 rings (SSSR count). The summed E-state index contributed by atoms with van der Waals surface area (Å²) in [5.74, 6) is -0.809. The first-order valence-electron chi connectivity index (χ1n) is 21.6. The van der Waals surface area contributed by atoms with Crippen LogP contribution in [0, 0.1) is 68.0 Å². The van der Waals surface area contributed by atoms with E-state index in [0.717, 1.165) is 70.0 Å². The quantitative estimate of drug-likeness (QED) is 0.226. The summed E-state index contributed by atoms with van der Waals surface area (Å²) < 4.78 is 11.8. The topological polar surface area (TPSA) is 142 Å². The molecule has 11 atom stereocenters. The second kappa shape index (κ2) is 13.9. The Balaban J connectivity index is 1.11. The summed E-state index contributed by atoms with van der Waals surface area (Å²) >= 11 is 0. The second-order valence-corrected chi connectivity index (χ2v) is 21.3. The predicted molar refractivity (Wildman–Crippen MR) is 209 cm³/mol. The zero-order valence-corrected chi connectivity index (χ0v) is 35.2. The number of ketones is 1. The van der Waals surface area contributed by atoms with Crippen LogP contribution in [0.3, 0.4) is 0 Å². The van der Waals surface area contributed by atoms with E-state index in [1.54, 1.807) is 0 Å². The number of nitrogens with zero attached hydrogens (tertiary/aromatic N) is 1. The third kappa shape index (κ3) is 6.10. The highest BCUT2D eigenvalue weighted by molar-refractivity contribution is 6.00. The molecule has 7 aliphatic rings. The molecule has 1 saturated heterocycles. The van der Waals surface area contributed by atoms with E-state index >= 15 is 0 Å². The molecule has 0 radical (unpaired) electrons. The molecule has 5 saturated carbocycles. The Hall–Kier alpha value is -2.30. The lowest BCUT2D eigenvalue weighted by molar-refractivity contribution is -0.238. The fraction of sp³-hybridized carbons (Fsp3) is 0.867. The zero-order valence-electron chi connectivity index (χ0n) is 35.2. The number of amides is 1. The van der Waals surface area contributed by atoms with E-state index in [1.807, 2.05) is 13.8 Å². The zero-order chi connectivity index (χ0) is 40.1. The van der Waals surface area contributed by atoms with Crippen molar-refractivity contribution >= 4 is 23.6 Å². The summed E-state index contributed by atoms with van der Waals surface area (Å²) in [6.07, 6.45) is 7.24. The first kappa shape index (κ1) is 40.9. The normalized spacial score (nSPS) is 42.6. The predicted octanol–water partition coefficient (Wildman–Crippen LogP) is 6.44. The number of carboxylic acids is 1. The van der Waals surface area contributed by atoms with Crippen molar-refractivity contribution in [3.05, 3.63) is 11.1 Å². The van der Waals surface area contributed by atoms with Crippen molar-refractivity contribution in [3.8, 4) is 0 Å². The van der Waals surface area contributed by atoms with E-state index in [2.05, 4.69) is 58.7 Å². The van der Waals surface area contributed by atoms with Crippen LogP contribution in [0.4, 0.5) is 0 Å². The summed E-state index contributed by atoms with van der Waals surface area (Å²) in [6, 6.07) is 0. The lowest BCUT2D eigenvalue weighted by Gasteiger charge is -2.72. The Labute approximate surface area is 329 Å². The van der Waals surface area contributed by atoms with Crippen LogP contribution < -0.4 is 5.32 Å². The summed E-state index contributed by atoms with van der Waals surface area (Å²) in [4.78, 5) is 54.6. The molecular weight excluding hydrogens is 697 g/mol. The monoisotopic (exact) mass is 767 g/mol. The van der Waals surface area contributed by atoms with E-state index in [-0.39, 0.29) is 70.3 Å². The molecule has 0 aromatic carbocycles. The molecule has 6 fully saturated rings. The molecule has 1 heterocycles. The van der Waals surface area contributed by atoms with E-state index < -0.39 is 34.7 Å². The van der Waals surface area contributed by atoms with Gasteiger partial charge in [-0.05, 0) is 109 Å². The van der Waals surface area contributed by atoms with Crippen LogP contribution >= 0.6 is 0 Å². The number of allylic oxidation sites excluding steroid dienone is 1. The molecule has 0 unspecified atom stereocenters. The van der Waals surface area contributed by atoms with Crippen LogP contribution in [0.2, 0.25) is 0 Å². The van der Waals surface area contributed by atoms with Crippen molar-refractivity contribution in [1.82, 2.24) is 10.2 Å². The number of ether oxygens (including phenoxy) is 2. The fourth-order valence-corrected chi connectivity index (χ4v) is 14.7. The van der Waals surface area contributed by atoms with Crippen molar-refractivity contribution in [3.63, 3.8) is 0 Å². The number of aliphatic carboxylic acids is 1. The Kier molecular flexibility index (Phi) is 10.3. The highest BCUT2D eigenvalue weighted by Crippen LogP contribution is 2.77. The maximum atomic E-state index is 14.1. The lowest BCUT2D eigenvalue weighted by Crippen LogP contribution is -2.66. The molecular formula is C45H70N2O8.